The molecule has 29 heavy (non-hydrogen) atoms. The van der Waals surface area contributed by atoms with E-state index in [-0.39, 0.29) is 23.3 Å². The van der Waals surface area contributed by atoms with E-state index in [2.05, 4.69) is 13.8 Å². The topological polar surface area (TPSA) is 55.7 Å². The standard InChI is InChI=1S/C24H28ClNO3/c1-14-20(23(28)29-17-9-4-5-10-17)21(15-7-6-8-16(25)11-15)22-18(26-14)12-24(2,3)13-19(22)27/h6-8,11,17,20-21H,4-5,9-10,12-13H2,1-3H3/t20?,21-/m0/s1. The predicted molar refractivity (Wildman–Crippen MR) is 114 cm³/mol. The molecule has 3 aliphatic rings. The van der Waals surface area contributed by atoms with Crippen molar-refractivity contribution in [2.24, 2.45) is 16.3 Å². The minimum absolute atomic E-state index is 0.0216. The quantitative estimate of drug-likeness (QED) is 0.602. The van der Waals surface area contributed by atoms with Crippen LogP contribution in [-0.4, -0.2) is 23.6 Å². The summed E-state index contributed by atoms with van der Waals surface area (Å²) in [5, 5.41) is 0.594. The number of allylic oxidation sites excluding steroid dienone is 2. The number of hydrogen-bond acceptors (Lipinski definition) is 4. The number of nitrogens with zero attached hydrogens (tertiary/aromatic N) is 1. The molecule has 5 heteroatoms. The first-order valence-corrected chi connectivity index (χ1v) is 10.9. The Morgan fingerprint density at radius 1 is 1.21 bits per heavy atom. The lowest BCUT2D eigenvalue weighted by Crippen LogP contribution is -2.40. The van der Waals surface area contributed by atoms with Gasteiger partial charge in [0, 0.05) is 34.3 Å². The number of carbonyl (C=O) groups excluding carboxylic acids is 2. The summed E-state index contributed by atoms with van der Waals surface area (Å²) in [5.41, 5.74) is 2.96. The number of benzene rings is 1. The molecular formula is C24H28ClNO3. The third-order valence-corrected chi connectivity index (χ3v) is 6.58. The number of carbonyl (C=O) groups is 2. The Hall–Kier alpha value is -1.94. The Balaban J connectivity index is 1.78. The van der Waals surface area contributed by atoms with Gasteiger partial charge in [0.2, 0.25) is 0 Å². The fourth-order valence-corrected chi connectivity index (χ4v) is 5.25. The molecule has 154 valence electrons. The van der Waals surface area contributed by atoms with E-state index in [1.165, 1.54) is 0 Å². The van der Waals surface area contributed by atoms with Crippen LogP contribution in [0.1, 0.15) is 70.8 Å². The van der Waals surface area contributed by atoms with Gasteiger partial charge in [0.05, 0.1) is 0 Å². The summed E-state index contributed by atoms with van der Waals surface area (Å²) in [6.45, 7) is 6.07. The van der Waals surface area contributed by atoms with E-state index in [1.807, 2.05) is 31.2 Å². The molecule has 0 aromatic heterocycles. The van der Waals surface area contributed by atoms with Gasteiger partial charge in [-0.15, -0.1) is 0 Å². The average Bonchev–Trinajstić information content (AvgIpc) is 3.12. The van der Waals surface area contributed by atoms with E-state index in [0.717, 1.165) is 49.1 Å². The second-order valence-electron chi connectivity index (χ2n) is 9.41. The van der Waals surface area contributed by atoms with E-state index in [0.29, 0.717) is 17.0 Å². The van der Waals surface area contributed by atoms with Crippen LogP contribution >= 0.6 is 11.6 Å². The van der Waals surface area contributed by atoms with Crippen LogP contribution in [0.4, 0.5) is 0 Å². The zero-order chi connectivity index (χ0) is 20.8. The summed E-state index contributed by atoms with van der Waals surface area (Å²) in [6, 6.07) is 7.48. The Bertz CT molecular complexity index is 908. The number of ether oxygens (including phenoxy) is 1. The minimum Gasteiger partial charge on any atom is -0.462 e. The van der Waals surface area contributed by atoms with Gasteiger partial charge >= 0.3 is 5.97 Å². The van der Waals surface area contributed by atoms with Gasteiger partial charge in [-0.1, -0.05) is 37.6 Å². The van der Waals surface area contributed by atoms with Crippen molar-refractivity contribution in [2.75, 3.05) is 0 Å². The van der Waals surface area contributed by atoms with Crippen molar-refractivity contribution in [1.29, 1.82) is 0 Å². The van der Waals surface area contributed by atoms with Gasteiger partial charge in [-0.2, -0.15) is 0 Å². The van der Waals surface area contributed by atoms with Crippen LogP contribution in [0, 0.1) is 11.3 Å². The molecule has 1 aromatic rings. The van der Waals surface area contributed by atoms with Crippen molar-refractivity contribution < 1.29 is 14.3 Å². The first-order chi connectivity index (χ1) is 13.7. The molecule has 1 fully saturated rings. The van der Waals surface area contributed by atoms with Crippen molar-refractivity contribution in [3.05, 3.63) is 46.1 Å². The molecule has 2 atom stereocenters. The zero-order valence-electron chi connectivity index (χ0n) is 17.3. The third kappa shape index (κ3) is 4.05. The summed E-state index contributed by atoms with van der Waals surface area (Å²) in [6.07, 6.45) is 5.18. The maximum Gasteiger partial charge on any atom is 0.315 e. The minimum atomic E-state index is -0.585. The van der Waals surface area contributed by atoms with Gasteiger partial charge in [-0.3, -0.25) is 14.6 Å². The number of aliphatic imine (C=N–C) groups is 1. The Labute approximate surface area is 177 Å². The second kappa shape index (κ2) is 7.71. The fourth-order valence-electron chi connectivity index (χ4n) is 5.05. The molecule has 0 radical (unpaired) electrons. The number of ketones is 1. The third-order valence-electron chi connectivity index (χ3n) is 6.35. The normalized spacial score (nSPS) is 26.9. The predicted octanol–water partition coefficient (Wildman–Crippen LogP) is 5.64. The van der Waals surface area contributed by atoms with Gasteiger partial charge < -0.3 is 4.74 Å². The van der Waals surface area contributed by atoms with Gasteiger partial charge in [-0.25, -0.2) is 0 Å². The van der Waals surface area contributed by atoms with Crippen molar-refractivity contribution >= 4 is 29.1 Å². The van der Waals surface area contributed by atoms with Crippen molar-refractivity contribution in [3.63, 3.8) is 0 Å². The summed E-state index contributed by atoms with van der Waals surface area (Å²) in [4.78, 5) is 31.3. The Morgan fingerprint density at radius 3 is 2.62 bits per heavy atom. The molecule has 0 N–H and O–H groups in total. The molecule has 1 unspecified atom stereocenters. The number of rotatable bonds is 3. The van der Waals surface area contributed by atoms with Gasteiger partial charge in [0.25, 0.3) is 0 Å². The average molecular weight is 414 g/mol. The molecule has 1 heterocycles. The first-order valence-electron chi connectivity index (χ1n) is 10.5. The molecule has 1 aromatic carbocycles. The highest BCUT2D eigenvalue weighted by Crippen LogP contribution is 2.48. The smallest absolute Gasteiger partial charge is 0.315 e. The van der Waals surface area contributed by atoms with Crippen LogP contribution in [0.15, 0.2) is 40.5 Å². The van der Waals surface area contributed by atoms with E-state index in [9.17, 15) is 9.59 Å². The van der Waals surface area contributed by atoms with Crippen LogP contribution in [-0.2, 0) is 14.3 Å². The molecule has 4 rings (SSSR count). The van der Waals surface area contributed by atoms with Crippen molar-refractivity contribution in [3.8, 4) is 0 Å². The number of halogens is 1. The van der Waals surface area contributed by atoms with E-state index in [4.69, 9.17) is 21.3 Å². The van der Waals surface area contributed by atoms with Crippen LogP contribution in [0.3, 0.4) is 0 Å². The van der Waals surface area contributed by atoms with Crippen molar-refractivity contribution in [1.82, 2.24) is 0 Å². The molecular weight excluding hydrogens is 386 g/mol. The molecule has 0 amide bonds. The molecule has 0 bridgehead atoms. The summed E-state index contributed by atoms with van der Waals surface area (Å²) in [5.74, 6) is -1.17. The van der Waals surface area contributed by atoms with E-state index in [1.54, 1.807) is 0 Å². The Kier molecular flexibility index (Phi) is 5.41. The Morgan fingerprint density at radius 2 is 1.93 bits per heavy atom. The van der Waals surface area contributed by atoms with Crippen LogP contribution in [0.5, 0.6) is 0 Å². The van der Waals surface area contributed by atoms with E-state index >= 15 is 0 Å². The maximum absolute atomic E-state index is 13.3. The number of hydrogen-bond donors (Lipinski definition) is 0. The molecule has 2 aliphatic carbocycles. The highest BCUT2D eigenvalue weighted by atomic mass is 35.5. The lowest BCUT2D eigenvalue weighted by Gasteiger charge is -2.39. The summed E-state index contributed by atoms with van der Waals surface area (Å²) in [7, 11) is 0. The lowest BCUT2D eigenvalue weighted by atomic mass is 9.67. The van der Waals surface area contributed by atoms with Crippen LogP contribution in [0.2, 0.25) is 5.02 Å². The molecule has 1 aliphatic heterocycles. The lowest BCUT2D eigenvalue weighted by molar-refractivity contribution is -0.151. The van der Waals surface area contributed by atoms with Gasteiger partial charge in [-0.05, 0) is 62.1 Å². The first kappa shape index (κ1) is 20.3. The number of esters is 1. The molecule has 0 saturated heterocycles. The van der Waals surface area contributed by atoms with E-state index < -0.39 is 11.8 Å². The highest BCUT2D eigenvalue weighted by molar-refractivity contribution is 6.30. The molecule has 0 spiro atoms. The van der Waals surface area contributed by atoms with Gasteiger partial charge in [0.15, 0.2) is 5.78 Å². The van der Waals surface area contributed by atoms with Gasteiger partial charge in [0.1, 0.15) is 12.0 Å². The van der Waals surface area contributed by atoms with Crippen molar-refractivity contribution in [2.45, 2.75) is 71.3 Å². The fraction of sp³-hybridized carbons (Fsp3) is 0.542. The zero-order valence-corrected chi connectivity index (χ0v) is 18.1. The maximum atomic E-state index is 13.3. The summed E-state index contributed by atoms with van der Waals surface area (Å²) >= 11 is 6.27. The monoisotopic (exact) mass is 413 g/mol. The SMILES string of the molecule is CC1=NC2=C(C(=O)CC(C)(C)C2)[C@@H](c2cccc(Cl)c2)C1C(=O)OC1CCCC1. The summed E-state index contributed by atoms with van der Waals surface area (Å²) < 4.78 is 5.87. The highest BCUT2D eigenvalue weighted by Gasteiger charge is 2.46. The number of Topliss-reactive ketones (excluding diaryl/α,β-unsaturated/α-hetero) is 1. The van der Waals surface area contributed by atoms with Crippen LogP contribution in [0.25, 0.3) is 0 Å². The second-order valence-corrected chi connectivity index (χ2v) is 9.84. The largest absolute Gasteiger partial charge is 0.462 e. The molecule has 1 saturated carbocycles. The van der Waals surface area contributed by atoms with Crippen LogP contribution < -0.4 is 0 Å². The molecule has 4 nitrogen and oxygen atoms in total.